The quantitative estimate of drug-likeness (QED) is 0.596. The molecule has 0 spiro atoms. The van der Waals surface area contributed by atoms with Crippen molar-refractivity contribution in [1.29, 1.82) is 0 Å². The summed E-state index contributed by atoms with van der Waals surface area (Å²) < 4.78 is 5.41. The first-order valence-electron chi connectivity index (χ1n) is 6.45. The van der Waals surface area contributed by atoms with E-state index in [1.165, 1.54) is 0 Å². The molecule has 1 fully saturated rings. The molecular formula is C12H26N2O2. The molecule has 4 nitrogen and oxygen atoms in total. The molecule has 0 aromatic heterocycles. The van der Waals surface area contributed by atoms with E-state index in [1.54, 1.807) is 0 Å². The molecule has 96 valence electrons. The SMILES string of the molecule is CCCC(O)CNC(C)CC1COCCN1. The third-order valence-electron chi connectivity index (χ3n) is 2.96. The molecule has 3 N–H and O–H groups in total. The molecule has 1 aliphatic rings. The van der Waals surface area contributed by atoms with Crippen molar-refractivity contribution in [2.24, 2.45) is 0 Å². The summed E-state index contributed by atoms with van der Waals surface area (Å²) in [5, 5.41) is 16.4. The summed E-state index contributed by atoms with van der Waals surface area (Å²) in [5.74, 6) is 0. The van der Waals surface area contributed by atoms with Crippen molar-refractivity contribution in [2.45, 2.75) is 51.3 Å². The van der Waals surface area contributed by atoms with Crippen LogP contribution in [0.15, 0.2) is 0 Å². The average molecular weight is 230 g/mol. The van der Waals surface area contributed by atoms with E-state index in [0.717, 1.165) is 39.0 Å². The van der Waals surface area contributed by atoms with Crippen LogP contribution in [0, 0.1) is 0 Å². The predicted octanol–water partition coefficient (Wildman–Crippen LogP) is 0.504. The molecule has 3 unspecified atom stereocenters. The van der Waals surface area contributed by atoms with Gasteiger partial charge >= 0.3 is 0 Å². The van der Waals surface area contributed by atoms with E-state index in [2.05, 4.69) is 24.5 Å². The number of hydrogen-bond acceptors (Lipinski definition) is 4. The molecule has 1 saturated heterocycles. The molecular weight excluding hydrogens is 204 g/mol. The third kappa shape index (κ3) is 5.80. The zero-order valence-electron chi connectivity index (χ0n) is 10.5. The van der Waals surface area contributed by atoms with E-state index < -0.39 is 0 Å². The Kier molecular flexibility index (Phi) is 6.96. The van der Waals surface area contributed by atoms with E-state index in [-0.39, 0.29) is 6.10 Å². The topological polar surface area (TPSA) is 53.5 Å². The molecule has 16 heavy (non-hydrogen) atoms. The van der Waals surface area contributed by atoms with Crippen molar-refractivity contribution in [3.05, 3.63) is 0 Å². The van der Waals surface area contributed by atoms with Crippen LogP contribution < -0.4 is 10.6 Å². The molecule has 0 saturated carbocycles. The summed E-state index contributed by atoms with van der Waals surface area (Å²) in [7, 11) is 0. The first-order valence-corrected chi connectivity index (χ1v) is 6.45. The average Bonchev–Trinajstić information content (AvgIpc) is 2.28. The van der Waals surface area contributed by atoms with Crippen molar-refractivity contribution < 1.29 is 9.84 Å². The van der Waals surface area contributed by atoms with E-state index >= 15 is 0 Å². The summed E-state index contributed by atoms with van der Waals surface area (Å²) >= 11 is 0. The summed E-state index contributed by atoms with van der Waals surface area (Å²) in [4.78, 5) is 0. The first kappa shape index (κ1) is 13.9. The lowest BCUT2D eigenvalue weighted by Gasteiger charge is -2.27. The number of morpholine rings is 1. The van der Waals surface area contributed by atoms with Crippen LogP contribution in [0.2, 0.25) is 0 Å². The summed E-state index contributed by atoms with van der Waals surface area (Å²) in [5.41, 5.74) is 0. The highest BCUT2D eigenvalue weighted by Crippen LogP contribution is 2.03. The van der Waals surface area contributed by atoms with Gasteiger partial charge in [-0.3, -0.25) is 0 Å². The second kappa shape index (κ2) is 8.01. The summed E-state index contributed by atoms with van der Waals surface area (Å²) in [6, 6.07) is 0.880. The van der Waals surface area contributed by atoms with E-state index in [4.69, 9.17) is 4.74 Å². The molecule has 0 aromatic carbocycles. The van der Waals surface area contributed by atoms with Crippen LogP contribution in [-0.2, 0) is 4.74 Å². The van der Waals surface area contributed by atoms with Gasteiger partial charge in [0.15, 0.2) is 0 Å². The van der Waals surface area contributed by atoms with Crippen molar-refractivity contribution in [2.75, 3.05) is 26.3 Å². The zero-order chi connectivity index (χ0) is 11.8. The van der Waals surface area contributed by atoms with Gasteiger partial charge in [-0.1, -0.05) is 13.3 Å². The van der Waals surface area contributed by atoms with Gasteiger partial charge in [-0.2, -0.15) is 0 Å². The highest BCUT2D eigenvalue weighted by Gasteiger charge is 2.16. The smallest absolute Gasteiger partial charge is 0.0664 e. The zero-order valence-corrected chi connectivity index (χ0v) is 10.5. The number of ether oxygens (including phenoxy) is 1. The van der Waals surface area contributed by atoms with Gasteiger partial charge in [0.25, 0.3) is 0 Å². The fourth-order valence-electron chi connectivity index (χ4n) is 2.05. The maximum Gasteiger partial charge on any atom is 0.0664 e. The summed E-state index contributed by atoms with van der Waals surface area (Å²) in [6.07, 6.45) is 2.77. The van der Waals surface area contributed by atoms with Crippen LogP contribution >= 0.6 is 0 Å². The second-order valence-electron chi connectivity index (χ2n) is 4.71. The molecule has 0 amide bonds. The Balaban J connectivity index is 2.07. The first-order chi connectivity index (χ1) is 7.72. The molecule has 0 aliphatic carbocycles. The van der Waals surface area contributed by atoms with Gasteiger partial charge < -0.3 is 20.5 Å². The lowest BCUT2D eigenvalue weighted by Crippen LogP contribution is -2.45. The Morgan fingerprint density at radius 3 is 3.00 bits per heavy atom. The van der Waals surface area contributed by atoms with E-state index in [0.29, 0.717) is 18.6 Å². The third-order valence-corrected chi connectivity index (χ3v) is 2.96. The Hall–Kier alpha value is -0.160. The van der Waals surface area contributed by atoms with Crippen LogP contribution in [0.3, 0.4) is 0 Å². The molecule has 1 aliphatic heterocycles. The van der Waals surface area contributed by atoms with E-state index in [1.807, 2.05) is 0 Å². The predicted molar refractivity (Wildman–Crippen MR) is 65.6 cm³/mol. The highest BCUT2D eigenvalue weighted by molar-refractivity contribution is 4.76. The molecule has 0 radical (unpaired) electrons. The Morgan fingerprint density at radius 2 is 2.38 bits per heavy atom. The van der Waals surface area contributed by atoms with Crippen molar-refractivity contribution in [3.63, 3.8) is 0 Å². The van der Waals surface area contributed by atoms with Gasteiger partial charge in [-0.05, 0) is 19.8 Å². The lowest BCUT2D eigenvalue weighted by molar-refractivity contribution is 0.0703. The minimum absolute atomic E-state index is 0.206. The van der Waals surface area contributed by atoms with Crippen molar-refractivity contribution in [3.8, 4) is 0 Å². The normalized spacial score (nSPS) is 25.3. The van der Waals surface area contributed by atoms with Gasteiger partial charge in [0.1, 0.15) is 0 Å². The number of nitrogens with one attached hydrogen (secondary N) is 2. The van der Waals surface area contributed by atoms with Gasteiger partial charge in [0.2, 0.25) is 0 Å². The summed E-state index contributed by atoms with van der Waals surface area (Å²) in [6.45, 7) is 7.54. The van der Waals surface area contributed by atoms with Crippen LogP contribution in [0.1, 0.15) is 33.1 Å². The molecule has 4 heteroatoms. The lowest BCUT2D eigenvalue weighted by atomic mass is 10.1. The van der Waals surface area contributed by atoms with Gasteiger partial charge in [0, 0.05) is 25.2 Å². The Morgan fingerprint density at radius 1 is 1.56 bits per heavy atom. The number of hydrogen-bond donors (Lipinski definition) is 3. The Labute approximate surface area is 98.8 Å². The van der Waals surface area contributed by atoms with Gasteiger partial charge in [0.05, 0.1) is 19.3 Å². The monoisotopic (exact) mass is 230 g/mol. The van der Waals surface area contributed by atoms with E-state index in [9.17, 15) is 5.11 Å². The maximum absolute atomic E-state index is 9.60. The molecule has 3 atom stereocenters. The minimum atomic E-state index is -0.206. The van der Waals surface area contributed by atoms with Crippen LogP contribution in [-0.4, -0.2) is 49.6 Å². The fraction of sp³-hybridized carbons (Fsp3) is 1.00. The number of aliphatic hydroxyl groups is 1. The standard InChI is InChI=1S/C12H26N2O2/c1-3-4-12(15)8-14-10(2)7-11-9-16-6-5-13-11/h10-15H,3-9H2,1-2H3. The molecule has 0 bridgehead atoms. The van der Waals surface area contributed by atoms with Crippen molar-refractivity contribution >= 4 is 0 Å². The van der Waals surface area contributed by atoms with Gasteiger partial charge in [-0.15, -0.1) is 0 Å². The van der Waals surface area contributed by atoms with Crippen molar-refractivity contribution in [1.82, 2.24) is 10.6 Å². The maximum atomic E-state index is 9.60. The molecule has 0 aromatic rings. The number of aliphatic hydroxyl groups excluding tert-OH is 1. The van der Waals surface area contributed by atoms with Gasteiger partial charge in [-0.25, -0.2) is 0 Å². The second-order valence-corrected chi connectivity index (χ2v) is 4.71. The van der Waals surface area contributed by atoms with Crippen LogP contribution in [0.4, 0.5) is 0 Å². The largest absolute Gasteiger partial charge is 0.392 e. The fourth-order valence-corrected chi connectivity index (χ4v) is 2.05. The van der Waals surface area contributed by atoms with Crippen LogP contribution in [0.5, 0.6) is 0 Å². The minimum Gasteiger partial charge on any atom is -0.392 e. The Bertz CT molecular complexity index is 172. The highest BCUT2D eigenvalue weighted by atomic mass is 16.5. The number of rotatable bonds is 7. The van der Waals surface area contributed by atoms with Crippen LogP contribution in [0.25, 0.3) is 0 Å². The molecule has 1 rings (SSSR count). The molecule has 1 heterocycles.